The zero-order valence-electron chi connectivity index (χ0n) is 11.0. The van der Waals surface area contributed by atoms with Crippen LogP contribution in [-0.4, -0.2) is 6.54 Å². The van der Waals surface area contributed by atoms with Crippen molar-refractivity contribution in [3.05, 3.63) is 63.6 Å². The predicted octanol–water partition coefficient (Wildman–Crippen LogP) is 3.84. The molecule has 0 spiro atoms. The lowest BCUT2D eigenvalue weighted by Gasteiger charge is -2.14. The van der Waals surface area contributed by atoms with E-state index in [1.54, 1.807) is 0 Å². The zero-order chi connectivity index (χ0) is 13.7. The topological polar surface area (TPSA) is 35.2 Å². The Kier molecular flexibility index (Phi) is 5.00. The molecule has 0 atom stereocenters. The minimum atomic E-state index is 0.576. The van der Waals surface area contributed by atoms with Gasteiger partial charge >= 0.3 is 0 Å². The van der Waals surface area contributed by atoms with Gasteiger partial charge in [0.15, 0.2) is 0 Å². The second-order valence-corrected chi connectivity index (χ2v) is 5.34. The minimum Gasteiger partial charge on any atom is -0.487 e. The highest BCUT2D eigenvalue weighted by atomic mass is 79.9. The van der Waals surface area contributed by atoms with Gasteiger partial charge in [-0.25, -0.2) is 0 Å². The predicted molar refractivity (Wildman–Crippen MR) is 82.4 cm³/mol. The van der Waals surface area contributed by atoms with Gasteiger partial charge in [-0.05, 0) is 58.6 Å². The van der Waals surface area contributed by atoms with E-state index in [1.165, 1.54) is 11.1 Å². The van der Waals surface area contributed by atoms with E-state index in [2.05, 4.69) is 41.1 Å². The van der Waals surface area contributed by atoms with Crippen LogP contribution in [0.4, 0.5) is 0 Å². The van der Waals surface area contributed by atoms with E-state index in [0.717, 1.165) is 22.2 Å². The van der Waals surface area contributed by atoms with Crippen LogP contribution in [0, 0.1) is 6.92 Å². The molecule has 19 heavy (non-hydrogen) atoms. The standard InChI is InChI=1S/C16H18BrNO/c1-12-5-2-3-6-14(12)11-19-16-13(9-10-18)7-4-8-15(16)17/h2-8H,9-11,18H2,1H3. The van der Waals surface area contributed by atoms with Gasteiger partial charge in [0.05, 0.1) is 4.47 Å². The Morgan fingerprint density at radius 2 is 1.79 bits per heavy atom. The summed E-state index contributed by atoms with van der Waals surface area (Å²) in [4.78, 5) is 0. The molecule has 2 nitrogen and oxygen atoms in total. The summed E-state index contributed by atoms with van der Waals surface area (Å²) in [5.74, 6) is 0.899. The SMILES string of the molecule is Cc1ccccc1COc1c(Br)cccc1CCN. The fraction of sp³-hybridized carbons (Fsp3) is 0.250. The molecular formula is C16H18BrNO. The Bertz CT molecular complexity index is 554. The van der Waals surface area contributed by atoms with E-state index >= 15 is 0 Å². The number of ether oxygens (including phenoxy) is 1. The van der Waals surface area contributed by atoms with Gasteiger partial charge in [-0.1, -0.05) is 36.4 Å². The third-order valence-corrected chi connectivity index (χ3v) is 3.72. The maximum atomic E-state index is 5.98. The maximum Gasteiger partial charge on any atom is 0.137 e. The second kappa shape index (κ2) is 6.73. The highest BCUT2D eigenvalue weighted by Gasteiger charge is 2.08. The molecule has 0 aliphatic carbocycles. The normalized spacial score (nSPS) is 10.5. The third kappa shape index (κ3) is 3.58. The first-order valence-corrected chi connectivity index (χ1v) is 7.16. The molecule has 2 aromatic carbocycles. The molecule has 0 saturated carbocycles. The van der Waals surface area contributed by atoms with Crippen molar-refractivity contribution in [2.45, 2.75) is 20.0 Å². The molecule has 0 saturated heterocycles. The van der Waals surface area contributed by atoms with Crippen LogP contribution >= 0.6 is 15.9 Å². The van der Waals surface area contributed by atoms with Crippen molar-refractivity contribution in [2.75, 3.05) is 6.54 Å². The summed E-state index contributed by atoms with van der Waals surface area (Å²) in [6, 6.07) is 14.3. The molecule has 0 amide bonds. The number of rotatable bonds is 5. The first-order valence-electron chi connectivity index (χ1n) is 6.37. The number of hydrogen-bond donors (Lipinski definition) is 1. The summed E-state index contributed by atoms with van der Waals surface area (Å²) in [5, 5.41) is 0. The minimum absolute atomic E-state index is 0.576. The number of aryl methyl sites for hydroxylation is 1. The van der Waals surface area contributed by atoms with E-state index in [1.807, 2.05) is 24.3 Å². The molecule has 100 valence electrons. The van der Waals surface area contributed by atoms with Gasteiger partial charge in [-0.2, -0.15) is 0 Å². The molecule has 0 radical (unpaired) electrons. The fourth-order valence-corrected chi connectivity index (χ4v) is 2.51. The Morgan fingerprint density at radius 3 is 2.53 bits per heavy atom. The highest BCUT2D eigenvalue weighted by Crippen LogP contribution is 2.30. The van der Waals surface area contributed by atoms with Gasteiger partial charge < -0.3 is 10.5 Å². The van der Waals surface area contributed by atoms with Crippen molar-refractivity contribution in [3.63, 3.8) is 0 Å². The van der Waals surface area contributed by atoms with Crippen molar-refractivity contribution in [3.8, 4) is 5.75 Å². The highest BCUT2D eigenvalue weighted by molar-refractivity contribution is 9.10. The van der Waals surface area contributed by atoms with Crippen molar-refractivity contribution in [1.29, 1.82) is 0 Å². The van der Waals surface area contributed by atoms with Crippen LogP contribution in [-0.2, 0) is 13.0 Å². The molecule has 0 heterocycles. The number of halogens is 1. The van der Waals surface area contributed by atoms with Gasteiger partial charge in [-0.15, -0.1) is 0 Å². The molecule has 0 unspecified atom stereocenters. The maximum absolute atomic E-state index is 5.98. The van der Waals surface area contributed by atoms with Crippen LogP contribution in [0.1, 0.15) is 16.7 Å². The van der Waals surface area contributed by atoms with Crippen LogP contribution in [0.2, 0.25) is 0 Å². The molecular weight excluding hydrogens is 302 g/mol. The van der Waals surface area contributed by atoms with Crippen LogP contribution in [0.5, 0.6) is 5.75 Å². The summed E-state index contributed by atoms with van der Waals surface area (Å²) in [7, 11) is 0. The quantitative estimate of drug-likeness (QED) is 0.908. The third-order valence-electron chi connectivity index (χ3n) is 3.10. The number of hydrogen-bond acceptors (Lipinski definition) is 2. The Labute approximate surface area is 122 Å². The first-order chi connectivity index (χ1) is 9.22. The second-order valence-electron chi connectivity index (χ2n) is 4.48. The lowest BCUT2D eigenvalue weighted by Crippen LogP contribution is -2.06. The molecule has 0 aliphatic heterocycles. The summed E-state index contributed by atoms with van der Waals surface area (Å²) >= 11 is 3.54. The van der Waals surface area contributed by atoms with E-state index in [9.17, 15) is 0 Å². The molecule has 3 heteroatoms. The van der Waals surface area contributed by atoms with Crippen LogP contribution < -0.4 is 10.5 Å². The smallest absolute Gasteiger partial charge is 0.137 e. The summed E-state index contributed by atoms with van der Waals surface area (Å²) in [6.45, 7) is 3.30. The molecule has 0 bridgehead atoms. The number of para-hydroxylation sites is 1. The van der Waals surface area contributed by atoms with Crippen molar-refractivity contribution >= 4 is 15.9 Å². The zero-order valence-corrected chi connectivity index (χ0v) is 12.6. The molecule has 0 aromatic heterocycles. The average Bonchev–Trinajstić information content (AvgIpc) is 2.40. The van der Waals surface area contributed by atoms with Gasteiger partial charge in [0.25, 0.3) is 0 Å². The summed E-state index contributed by atoms with van der Waals surface area (Å²) in [5.41, 5.74) is 9.23. The molecule has 0 aliphatic rings. The van der Waals surface area contributed by atoms with Crippen LogP contribution in [0.3, 0.4) is 0 Å². The van der Waals surface area contributed by atoms with E-state index < -0.39 is 0 Å². The summed E-state index contributed by atoms with van der Waals surface area (Å²) in [6.07, 6.45) is 0.822. The molecule has 0 fully saturated rings. The molecule has 2 rings (SSSR count). The lowest BCUT2D eigenvalue weighted by atomic mass is 10.1. The van der Waals surface area contributed by atoms with E-state index in [4.69, 9.17) is 10.5 Å². The lowest BCUT2D eigenvalue weighted by molar-refractivity contribution is 0.300. The monoisotopic (exact) mass is 319 g/mol. The molecule has 2 N–H and O–H groups in total. The van der Waals surface area contributed by atoms with Gasteiger partial charge in [0, 0.05) is 0 Å². The Balaban J connectivity index is 2.17. The van der Waals surface area contributed by atoms with E-state index in [-0.39, 0.29) is 0 Å². The van der Waals surface area contributed by atoms with Gasteiger partial charge in [0.2, 0.25) is 0 Å². The van der Waals surface area contributed by atoms with Crippen LogP contribution in [0.25, 0.3) is 0 Å². The van der Waals surface area contributed by atoms with Gasteiger partial charge in [-0.3, -0.25) is 0 Å². The van der Waals surface area contributed by atoms with Crippen molar-refractivity contribution in [2.24, 2.45) is 5.73 Å². The van der Waals surface area contributed by atoms with E-state index in [0.29, 0.717) is 13.2 Å². The largest absolute Gasteiger partial charge is 0.487 e. The Hall–Kier alpha value is -1.32. The number of benzene rings is 2. The summed E-state index contributed by atoms with van der Waals surface area (Å²) < 4.78 is 6.96. The van der Waals surface area contributed by atoms with Crippen LogP contribution in [0.15, 0.2) is 46.9 Å². The first kappa shape index (κ1) is 14.1. The van der Waals surface area contributed by atoms with Crippen molar-refractivity contribution < 1.29 is 4.74 Å². The fourth-order valence-electron chi connectivity index (χ4n) is 1.99. The Morgan fingerprint density at radius 1 is 1.05 bits per heavy atom. The number of nitrogens with two attached hydrogens (primary N) is 1. The molecule has 2 aromatic rings. The average molecular weight is 320 g/mol. The van der Waals surface area contributed by atoms with Crippen molar-refractivity contribution in [1.82, 2.24) is 0 Å². The van der Waals surface area contributed by atoms with Gasteiger partial charge in [0.1, 0.15) is 12.4 Å².